The number of hydrogen-bond acceptors (Lipinski definition) is 3. The van der Waals surface area contributed by atoms with Gasteiger partial charge < -0.3 is 16.2 Å². The number of nitrogens with two attached hydrogens (primary N) is 1. The highest BCUT2D eigenvalue weighted by molar-refractivity contribution is 5.78. The molecule has 1 saturated carbocycles. The molecule has 0 bridgehead atoms. The van der Waals surface area contributed by atoms with Crippen LogP contribution in [0.3, 0.4) is 0 Å². The molecule has 0 aromatic carbocycles. The molecule has 4 unspecified atom stereocenters. The third-order valence-electron chi connectivity index (χ3n) is 3.61. The average molecular weight is 228 g/mol. The van der Waals surface area contributed by atoms with Gasteiger partial charge >= 0.3 is 0 Å². The molecular weight excluding hydrogens is 204 g/mol. The normalized spacial score (nSPS) is 29.5. The fraction of sp³-hybridized carbons (Fsp3) is 0.917. The highest BCUT2D eigenvalue weighted by Crippen LogP contribution is 2.23. The van der Waals surface area contributed by atoms with Crippen LogP contribution in [0.2, 0.25) is 0 Å². The van der Waals surface area contributed by atoms with Crippen LogP contribution in [0, 0.1) is 11.8 Å². The molecule has 0 spiro atoms. The molecule has 4 N–H and O–H groups in total. The summed E-state index contributed by atoms with van der Waals surface area (Å²) in [5.74, 6) is 0.0477. The van der Waals surface area contributed by atoms with E-state index in [0.717, 1.165) is 25.7 Å². The Bertz CT molecular complexity index is 231. The molecule has 4 heteroatoms. The van der Waals surface area contributed by atoms with Gasteiger partial charge in [0.1, 0.15) is 0 Å². The first-order valence-electron chi connectivity index (χ1n) is 6.23. The van der Waals surface area contributed by atoms with E-state index in [9.17, 15) is 9.90 Å². The van der Waals surface area contributed by atoms with Crippen LogP contribution in [0.4, 0.5) is 0 Å². The molecule has 0 radical (unpaired) electrons. The third kappa shape index (κ3) is 3.76. The summed E-state index contributed by atoms with van der Waals surface area (Å²) in [6.45, 7) is 4.24. The SMILES string of the molecule is CC(N)C(C)C(=O)NCC1CCCCC1O. The van der Waals surface area contributed by atoms with Crippen LogP contribution in [-0.4, -0.2) is 29.7 Å². The minimum atomic E-state index is -0.250. The minimum Gasteiger partial charge on any atom is -0.393 e. The van der Waals surface area contributed by atoms with Gasteiger partial charge in [-0.2, -0.15) is 0 Å². The predicted octanol–water partition coefficient (Wildman–Crippen LogP) is 0.637. The van der Waals surface area contributed by atoms with Crippen molar-refractivity contribution in [2.75, 3.05) is 6.54 Å². The zero-order valence-electron chi connectivity index (χ0n) is 10.3. The summed E-state index contributed by atoms with van der Waals surface area (Å²) < 4.78 is 0. The molecular formula is C12H24N2O2. The molecule has 1 amide bonds. The third-order valence-corrected chi connectivity index (χ3v) is 3.61. The molecule has 1 fully saturated rings. The Hall–Kier alpha value is -0.610. The Balaban J connectivity index is 2.30. The highest BCUT2D eigenvalue weighted by atomic mass is 16.3. The van der Waals surface area contributed by atoms with Crippen LogP contribution in [-0.2, 0) is 4.79 Å². The zero-order valence-corrected chi connectivity index (χ0v) is 10.3. The van der Waals surface area contributed by atoms with Crippen molar-refractivity contribution in [3.63, 3.8) is 0 Å². The summed E-state index contributed by atoms with van der Waals surface area (Å²) in [6.07, 6.45) is 3.87. The van der Waals surface area contributed by atoms with Gasteiger partial charge in [-0.15, -0.1) is 0 Å². The van der Waals surface area contributed by atoms with Gasteiger partial charge in [-0.25, -0.2) is 0 Å². The molecule has 1 aliphatic rings. The first-order valence-corrected chi connectivity index (χ1v) is 6.23. The van der Waals surface area contributed by atoms with Crippen LogP contribution in [0.5, 0.6) is 0 Å². The number of hydrogen-bond donors (Lipinski definition) is 3. The molecule has 94 valence electrons. The Morgan fingerprint density at radius 1 is 1.44 bits per heavy atom. The first kappa shape index (κ1) is 13.5. The number of carbonyl (C=O) groups excluding carboxylic acids is 1. The van der Waals surface area contributed by atoms with Crippen molar-refractivity contribution in [3.8, 4) is 0 Å². The van der Waals surface area contributed by atoms with Crippen molar-refractivity contribution in [1.29, 1.82) is 0 Å². The van der Waals surface area contributed by atoms with E-state index in [-0.39, 0.29) is 29.9 Å². The molecule has 0 aliphatic heterocycles. The summed E-state index contributed by atoms with van der Waals surface area (Å²) in [7, 11) is 0. The Kier molecular flexibility index (Phi) is 5.22. The number of carbonyl (C=O) groups is 1. The van der Waals surface area contributed by atoms with Crippen LogP contribution in [0.25, 0.3) is 0 Å². The molecule has 1 aliphatic carbocycles. The van der Waals surface area contributed by atoms with Crippen molar-refractivity contribution in [2.45, 2.75) is 51.7 Å². The largest absolute Gasteiger partial charge is 0.393 e. The molecule has 4 nitrogen and oxygen atoms in total. The summed E-state index contributed by atoms with van der Waals surface area (Å²) in [5.41, 5.74) is 5.66. The van der Waals surface area contributed by atoms with E-state index in [4.69, 9.17) is 5.73 Å². The second-order valence-corrected chi connectivity index (χ2v) is 5.00. The quantitative estimate of drug-likeness (QED) is 0.661. The van der Waals surface area contributed by atoms with Crippen molar-refractivity contribution < 1.29 is 9.90 Å². The number of nitrogens with one attached hydrogen (secondary N) is 1. The summed E-state index contributed by atoms with van der Waals surface area (Å²) >= 11 is 0. The predicted molar refractivity (Wildman–Crippen MR) is 63.8 cm³/mol. The van der Waals surface area contributed by atoms with E-state index in [1.54, 1.807) is 0 Å². The molecule has 1 rings (SSSR count). The minimum absolute atomic E-state index is 0.00669. The maximum Gasteiger partial charge on any atom is 0.224 e. The number of aliphatic hydroxyl groups is 1. The summed E-state index contributed by atoms with van der Waals surface area (Å²) in [5, 5.41) is 12.6. The fourth-order valence-corrected chi connectivity index (χ4v) is 2.06. The zero-order chi connectivity index (χ0) is 12.1. The maximum absolute atomic E-state index is 11.7. The molecule has 0 saturated heterocycles. The summed E-state index contributed by atoms with van der Waals surface area (Å²) in [6, 6.07) is -0.128. The average Bonchev–Trinajstić information content (AvgIpc) is 2.26. The van der Waals surface area contributed by atoms with E-state index < -0.39 is 0 Å². The smallest absolute Gasteiger partial charge is 0.224 e. The van der Waals surface area contributed by atoms with Gasteiger partial charge in [0.25, 0.3) is 0 Å². The number of aliphatic hydroxyl groups excluding tert-OH is 1. The highest BCUT2D eigenvalue weighted by Gasteiger charge is 2.24. The van der Waals surface area contributed by atoms with Gasteiger partial charge in [-0.1, -0.05) is 19.8 Å². The molecule has 0 heterocycles. The summed E-state index contributed by atoms with van der Waals surface area (Å²) in [4.78, 5) is 11.7. The second kappa shape index (κ2) is 6.21. The van der Waals surface area contributed by atoms with E-state index in [0.29, 0.717) is 6.54 Å². The van der Waals surface area contributed by atoms with Gasteiger partial charge in [0.2, 0.25) is 5.91 Å². The Morgan fingerprint density at radius 3 is 2.62 bits per heavy atom. The lowest BCUT2D eigenvalue weighted by molar-refractivity contribution is -0.125. The van der Waals surface area contributed by atoms with Crippen LogP contribution in [0.15, 0.2) is 0 Å². The van der Waals surface area contributed by atoms with Gasteiger partial charge in [-0.05, 0) is 19.8 Å². The molecule has 16 heavy (non-hydrogen) atoms. The van der Waals surface area contributed by atoms with Gasteiger partial charge in [0.05, 0.1) is 6.10 Å². The second-order valence-electron chi connectivity index (χ2n) is 5.00. The van der Waals surface area contributed by atoms with E-state index >= 15 is 0 Å². The standard InChI is InChI=1S/C12H24N2O2/c1-8(9(2)13)12(16)14-7-10-5-3-4-6-11(10)15/h8-11,15H,3-7,13H2,1-2H3,(H,14,16). The van der Waals surface area contributed by atoms with Crippen LogP contribution in [0.1, 0.15) is 39.5 Å². The van der Waals surface area contributed by atoms with Crippen molar-refractivity contribution >= 4 is 5.91 Å². The monoisotopic (exact) mass is 228 g/mol. The maximum atomic E-state index is 11.7. The first-order chi connectivity index (χ1) is 7.52. The lowest BCUT2D eigenvalue weighted by Gasteiger charge is -2.28. The van der Waals surface area contributed by atoms with Gasteiger partial charge in [-0.3, -0.25) is 4.79 Å². The molecule has 0 aromatic rings. The fourth-order valence-electron chi connectivity index (χ4n) is 2.06. The Morgan fingerprint density at radius 2 is 2.06 bits per heavy atom. The topological polar surface area (TPSA) is 75.4 Å². The molecule has 4 atom stereocenters. The lowest BCUT2D eigenvalue weighted by atomic mass is 9.86. The molecule has 0 aromatic heterocycles. The van der Waals surface area contributed by atoms with Gasteiger partial charge in [0.15, 0.2) is 0 Å². The van der Waals surface area contributed by atoms with Crippen molar-refractivity contribution in [3.05, 3.63) is 0 Å². The lowest BCUT2D eigenvalue weighted by Crippen LogP contribution is -2.42. The van der Waals surface area contributed by atoms with E-state index in [2.05, 4.69) is 5.32 Å². The van der Waals surface area contributed by atoms with Crippen molar-refractivity contribution in [2.24, 2.45) is 17.6 Å². The van der Waals surface area contributed by atoms with Crippen LogP contribution < -0.4 is 11.1 Å². The van der Waals surface area contributed by atoms with E-state index in [1.807, 2.05) is 13.8 Å². The number of rotatable bonds is 4. The van der Waals surface area contributed by atoms with Crippen molar-refractivity contribution in [1.82, 2.24) is 5.32 Å². The Labute approximate surface area is 97.6 Å². The van der Waals surface area contributed by atoms with Crippen LogP contribution >= 0.6 is 0 Å². The van der Waals surface area contributed by atoms with Gasteiger partial charge in [0, 0.05) is 24.4 Å². The number of amides is 1. The van der Waals surface area contributed by atoms with E-state index in [1.165, 1.54) is 0 Å².